The molecule has 3 aromatic rings. The third-order valence-corrected chi connectivity index (χ3v) is 3.51. The van der Waals surface area contributed by atoms with Gasteiger partial charge < -0.3 is 0 Å². The molecule has 106 valence electrons. The first-order chi connectivity index (χ1) is 10.2. The van der Waals surface area contributed by atoms with Crippen LogP contribution in [-0.2, 0) is 0 Å². The van der Waals surface area contributed by atoms with Gasteiger partial charge in [0.15, 0.2) is 0 Å². The van der Waals surface area contributed by atoms with Crippen molar-refractivity contribution < 1.29 is 0 Å². The summed E-state index contributed by atoms with van der Waals surface area (Å²) in [5.74, 6) is 0.659. The van der Waals surface area contributed by atoms with Crippen molar-refractivity contribution in [3.05, 3.63) is 90.5 Å². The lowest BCUT2D eigenvalue weighted by atomic mass is 10.0. The maximum absolute atomic E-state index is 3.78. The van der Waals surface area contributed by atoms with E-state index in [0.29, 0.717) is 5.92 Å². The topological polar surface area (TPSA) is 0 Å². The van der Waals surface area contributed by atoms with Gasteiger partial charge in [0.05, 0.1) is 0 Å². The Morgan fingerprint density at radius 1 is 0.762 bits per heavy atom. The summed E-state index contributed by atoms with van der Waals surface area (Å²) in [6, 6.07) is 25.1. The minimum absolute atomic E-state index is 0.659. The zero-order valence-corrected chi connectivity index (χ0v) is 12.8. The number of hydrogen-bond acceptors (Lipinski definition) is 0. The Hall–Kier alpha value is -2.34. The van der Waals surface area contributed by atoms with Gasteiger partial charge in [-0.25, -0.2) is 0 Å². The molecule has 0 N–H and O–H groups in total. The van der Waals surface area contributed by atoms with Crippen LogP contribution >= 0.6 is 0 Å². The van der Waals surface area contributed by atoms with Crippen LogP contribution in [0.5, 0.6) is 0 Å². The Labute approximate surface area is 127 Å². The molecule has 0 heterocycles. The van der Waals surface area contributed by atoms with Crippen LogP contribution in [0.2, 0.25) is 0 Å². The lowest BCUT2D eigenvalue weighted by Gasteiger charge is -2.01. The molecule has 0 saturated heterocycles. The summed E-state index contributed by atoms with van der Waals surface area (Å²) in [6.45, 7) is 8.19. The van der Waals surface area contributed by atoms with Crippen molar-refractivity contribution in [1.82, 2.24) is 0 Å². The van der Waals surface area contributed by atoms with E-state index >= 15 is 0 Å². The van der Waals surface area contributed by atoms with Gasteiger partial charge in [-0.15, -0.1) is 0 Å². The molecule has 0 spiro atoms. The van der Waals surface area contributed by atoms with Crippen LogP contribution in [0.1, 0.15) is 30.9 Å². The molecule has 0 fully saturated rings. The van der Waals surface area contributed by atoms with Gasteiger partial charge in [-0.05, 0) is 27.8 Å². The van der Waals surface area contributed by atoms with E-state index in [0.717, 1.165) is 0 Å². The van der Waals surface area contributed by atoms with Gasteiger partial charge in [0.2, 0.25) is 0 Å². The standard InChI is InChI=1S/C12H10.C9H12/c1-2-10-7-5-8-11-6-3-4-9-12(10)11;1-8(2)9-6-4-3-5-7-9/h2-9H,1H2;3-8H,1-2H3. The second kappa shape index (κ2) is 7.44. The molecule has 0 aromatic heterocycles. The van der Waals surface area contributed by atoms with Gasteiger partial charge in [0.1, 0.15) is 0 Å². The van der Waals surface area contributed by atoms with Crippen molar-refractivity contribution >= 4 is 16.8 Å². The molecule has 0 unspecified atom stereocenters. The normalized spacial score (nSPS) is 10.0. The monoisotopic (exact) mass is 274 g/mol. The van der Waals surface area contributed by atoms with Crippen molar-refractivity contribution in [3.8, 4) is 0 Å². The highest BCUT2D eigenvalue weighted by atomic mass is 14.0. The molecule has 0 amide bonds. The molecule has 0 aliphatic heterocycles. The van der Waals surface area contributed by atoms with E-state index in [1.165, 1.54) is 21.9 Å². The molecule has 0 heteroatoms. The van der Waals surface area contributed by atoms with Crippen molar-refractivity contribution in [2.45, 2.75) is 19.8 Å². The molecule has 0 nitrogen and oxygen atoms in total. The lowest BCUT2D eigenvalue weighted by molar-refractivity contribution is 0.867. The Morgan fingerprint density at radius 2 is 1.38 bits per heavy atom. The third kappa shape index (κ3) is 4.06. The first kappa shape index (κ1) is 15.1. The predicted octanol–water partition coefficient (Wildman–Crippen LogP) is 6.29. The van der Waals surface area contributed by atoms with E-state index in [2.05, 4.69) is 87.2 Å². The second-order valence-electron chi connectivity index (χ2n) is 5.34. The average molecular weight is 274 g/mol. The Kier molecular flexibility index (Phi) is 5.34. The van der Waals surface area contributed by atoms with Crippen LogP contribution in [0.15, 0.2) is 79.4 Å². The van der Waals surface area contributed by atoms with Crippen molar-refractivity contribution in [2.24, 2.45) is 0 Å². The highest BCUT2D eigenvalue weighted by Crippen LogP contribution is 2.18. The number of rotatable bonds is 2. The van der Waals surface area contributed by atoms with Crippen molar-refractivity contribution in [1.29, 1.82) is 0 Å². The minimum atomic E-state index is 0.659. The summed E-state index contributed by atoms with van der Waals surface area (Å²) in [7, 11) is 0. The molecule has 0 atom stereocenters. The summed E-state index contributed by atoms with van der Waals surface area (Å²) >= 11 is 0. The smallest absolute Gasteiger partial charge is 0.0112 e. The summed E-state index contributed by atoms with van der Waals surface area (Å²) in [4.78, 5) is 0. The number of fused-ring (bicyclic) bond motifs is 1. The Morgan fingerprint density at radius 3 is 2.00 bits per heavy atom. The maximum atomic E-state index is 3.78. The van der Waals surface area contributed by atoms with Crippen LogP contribution in [0.4, 0.5) is 0 Å². The fourth-order valence-electron chi connectivity index (χ4n) is 2.27. The van der Waals surface area contributed by atoms with Gasteiger partial charge in [-0.3, -0.25) is 0 Å². The van der Waals surface area contributed by atoms with Crippen LogP contribution in [-0.4, -0.2) is 0 Å². The van der Waals surface area contributed by atoms with E-state index in [-0.39, 0.29) is 0 Å². The fourth-order valence-corrected chi connectivity index (χ4v) is 2.27. The predicted molar refractivity (Wildman–Crippen MR) is 94.6 cm³/mol. The van der Waals surface area contributed by atoms with Crippen LogP contribution in [0, 0.1) is 0 Å². The Balaban J connectivity index is 0.000000161. The van der Waals surface area contributed by atoms with Gasteiger partial charge in [-0.2, -0.15) is 0 Å². The van der Waals surface area contributed by atoms with Crippen LogP contribution in [0.3, 0.4) is 0 Å². The molecule has 0 aliphatic rings. The van der Waals surface area contributed by atoms with Crippen LogP contribution < -0.4 is 0 Å². The average Bonchev–Trinajstić information content (AvgIpc) is 2.55. The molecule has 0 bridgehead atoms. The summed E-state index contributed by atoms with van der Waals surface area (Å²) in [5, 5.41) is 2.55. The van der Waals surface area contributed by atoms with Gasteiger partial charge in [0, 0.05) is 0 Å². The summed E-state index contributed by atoms with van der Waals surface area (Å²) in [6.07, 6.45) is 1.89. The van der Waals surface area contributed by atoms with E-state index in [1.807, 2.05) is 12.1 Å². The summed E-state index contributed by atoms with van der Waals surface area (Å²) < 4.78 is 0. The Bertz CT molecular complexity index is 688. The van der Waals surface area contributed by atoms with Crippen molar-refractivity contribution in [3.63, 3.8) is 0 Å². The van der Waals surface area contributed by atoms with E-state index in [1.54, 1.807) is 0 Å². The fraction of sp³-hybridized carbons (Fsp3) is 0.143. The quantitative estimate of drug-likeness (QED) is 0.515. The van der Waals surface area contributed by atoms with Crippen LogP contribution in [0.25, 0.3) is 16.8 Å². The first-order valence-corrected chi connectivity index (χ1v) is 7.37. The van der Waals surface area contributed by atoms with E-state index < -0.39 is 0 Å². The zero-order valence-electron chi connectivity index (χ0n) is 12.8. The van der Waals surface area contributed by atoms with Gasteiger partial charge >= 0.3 is 0 Å². The maximum Gasteiger partial charge on any atom is -0.0112 e. The second-order valence-corrected chi connectivity index (χ2v) is 5.34. The molecular weight excluding hydrogens is 252 g/mol. The molecule has 0 aliphatic carbocycles. The molecule has 0 saturated carbocycles. The molecule has 0 radical (unpaired) electrons. The van der Waals surface area contributed by atoms with Gasteiger partial charge in [0.25, 0.3) is 0 Å². The molecule has 3 rings (SSSR count). The van der Waals surface area contributed by atoms with E-state index in [9.17, 15) is 0 Å². The SMILES string of the molecule is C=Cc1cccc2ccccc12.CC(C)c1ccccc1. The molecule has 3 aromatic carbocycles. The van der Waals surface area contributed by atoms with Gasteiger partial charge in [-0.1, -0.05) is 99.3 Å². The highest BCUT2D eigenvalue weighted by molar-refractivity contribution is 5.90. The minimum Gasteiger partial charge on any atom is -0.0984 e. The molecule has 21 heavy (non-hydrogen) atoms. The highest BCUT2D eigenvalue weighted by Gasteiger charge is 1.94. The summed E-state index contributed by atoms with van der Waals surface area (Å²) in [5.41, 5.74) is 2.62. The first-order valence-electron chi connectivity index (χ1n) is 7.37. The zero-order chi connectivity index (χ0) is 15.1. The third-order valence-electron chi connectivity index (χ3n) is 3.51. The van der Waals surface area contributed by atoms with E-state index in [4.69, 9.17) is 0 Å². The largest absolute Gasteiger partial charge is 0.0984 e. The number of benzene rings is 3. The lowest BCUT2D eigenvalue weighted by Crippen LogP contribution is -1.83. The number of hydrogen-bond donors (Lipinski definition) is 0. The van der Waals surface area contributed by atoms with Crippen molar-refractivity contribution in [2.75, 3.05) is 0 Å². The molecular formula is C21H22.